The van der Waals surface area contributed by atoms with E-state index in [0.717, 1.165) is 18.5 Å². The lowest BCUT2D eigenvalue weighted by Gasteiger charge is -2.10. The van der Waals surface area contributed by atoms with Gasteiger partial charge in [0, 0.05) is 11.6 Å². The third-order valence-corrected chi connectivity index (χ3v) is 3.48. The number of aliphatic hydroxyl groups excluding tert-OH is 1. The molecule has 1 fully saturated rings. The number of rotatable bonds is 5. The third kappa shape index (κ3) is 3.46. The van der Waals surface area contributed by atoms with Gasteiger partial charge in [-0.05, 0) is 30.5 Å². The minimum atomic E-state index is -1.04. The summed E-state index contributed by atoms with van der Waals surface area (Å²) in [5.41, 5.74) is 1.40. The number of carbonyl (C=O) groups excluding carboxylic acids is 1. The van der Waals surface area contributed by atoms with E-state index in [1.807, 2.05) is 0 Å². The number of halogens is 1. The zero-order chi connectivity index (χ0) is 14.8. The molecule has 0 aliphatic heterocycles. The van der Waals surface area contributed by atoms with Crippen molar-refractivity contribution in [2.24, 2.45) is 0 Å². The maximum Gasteiger partial charge on any atom is 0.229 e. The Morgan fingerprint density at radius 3 is 3.05 bits per heavy atom. The van der Waals surface area contributed by atoms with Crippen LogP contribution in [0, 0.1) is 5.82 Å². The van der Waals surface area contributed by atoms with E-state index in [-0.39, 0.29) is 12.3 Å². The number of imidazole rings is 1. The SMILES string of the molecule is O=C(CC(O)c1cccc(F)c1)Nc1ncc(C2CC2)[nH]1. The first kappa shape index (κ1) is 13.8. The van der Waals surface area contributed by atoms with E-state index in [9.17, 15) is 14.3 Å². The van der Waals surface area contributed by atoms with Crippen LogP contribution in [0.4, 0.5) is 10.3 Å². The molecule has 1 unspecified atom stereocenters. The fourth-order valence-corrected chi connectivity index (χ4v) is 2.19. The Bertz CT molecular complexity index is 652. The molecule has 21 heavy (non-hydrogen) atoms. The average Bonchev–Trinajstić information content (AvgIpc) is 3.20. The molecular weight excluding hydrogens is 273 g/mol. The number of aromatic nitrogens is 2. The van der Waals surface area contributed by atoms with E-state index < -0.39 is 11.9 Å². The molecule has 1 amide bonds. The highest BCUT2D eigenvalue weighted by molar-refractivity contribution is 5.89. The molecular formula is C15H16FN3O2. The standard InChI is InChI=1S/C15H16FN3O2/c16-11-3-1-2-10(6-11)13(20)7-14(21)19-15-17-8-12(18-15)9-4-5-9/h1-3,6,8-9,13,20H,4-5,7H2,(H2,17,18,19,21). The Morgan fingerprint density at radius 2 is 2.33 bits per heavy atom. The minimum Gasteiger partial charge on any atom is -0.388 e. The lowest BCUT2D eigenvalue weighted by atomic mass is 10.1. The van der Waals surface area contributed by atoms with Crippen molar-refractivity contribution in [2.45, 2.75) is 31.3 Å². The Balaban J connectivity index is 1.57. The van der Waals surface area contributed by atoms with E-state index in [1.54, 1.807) is 12.3 Å². The van der Waals surface area contributed by atoms with Gasteiger partial charge in [-0.2, -0.15) is 0 Å². The van der Waals surface area contributed by atoms with Gasteiger partial charge in [-0.15, -0.1) is 0 Å². The van der Waals surface area contributed by atoms with Crippen LogP contribution < -0.4 is 5.32 Å². The van der Waals surface area contributed by atoms with Gasteiger partial charge in [-0.1, -0.05) is 12.1 Å². The predicted molar refractivity (Wildman–Crippen MR) is 75.2 cm³/mol. The number of nitrogens with one attached hydrogen (secondary N) is 2. The lowest BCUT2D eigenvalue weighted by molar-refractivity contribution is -0.118. The molecule has 0 saturated heterocycles. The number of carbonyl (C=O) groups is 1. The van der Waals surface area contributed by atoms with Crippen LogP contribution in [0.1, 0.15) is 42.5 Å². The molecule has 6 heteroatoms. The predicted octanol–water partition coefficient (Wildman–Crippen LogP) is 2.49. The molecule has 0 radical (unpaired) electrons. The normalized spacial score (nSPS) is 15.7. The van der Waals surface area contributed by atoms with Gasteiger partial charge in [0.2, 0.25) is 11.9 Å². The minimum absolute atomic E-state index is 0.150. The second-order valence-corrected chi connectivity index (χ2v) is 5.28. The van der Waals surface area contributed by atoms with E-state index in [0.29, 0.717) is 17.4 Å². The van der Waals surface area contributed by atoms with E-state index in [4.69, 9.17) is 0 Å². The molecule has 2 aromatic rings. The van der Waals surface area contributed by atoms with Crippen molar-refractivity contribution < 1.29 is 14.3 Å². The number of hydrogen-bond donors (Lipinski definition) is 3. The third-order valence-electron chi connectivity index (χ3n) is 3.48. The van der Waals surface area contributed by atoms with Crippen molar-refractivity contribution in [1.29, 1.82) is 0 Å². The van der Waals surface area contributed by atoms with Crippen LogP contribution in [-0.2, 0) is 4.79 Å². The first-order chi connectivity index (χ1) is 10.1. The van der Waals surface area contributed by atoms with Crippen LogP contribution in [0.3, 0.4) is 0 Å². The summed E-state index contributed by atoms with van der Waals surface area (Å²) in [6.45, 7) is 0. The Hall–Kier alpha value is -2.21. The number of amides is 1. The zero-order valence-corrected chi connectivity index (χ0v) is 11.3. The van der Waals surface area contributed by atoms with Gasteiger partial charge < -0.3 is 10.1 Å². The van der Waals surface area contributed by atoms with Gasteiger partial charge in [0.15, 0.2) is 0 Å². The summed E-state index contributed by atoms with van der Waals surface area (Å²) in [6.07, 6.45) is 2.82. The monoisotopic (exact) mass is 289 g/mol. The van der Waals surface area contributed by atoms with Crippen LogP contribution in [0.2, 0.25) is 0 Å². The summed E-state index contributed by atoms with van der Waals surface area (Å²) in [6, 6.07) is 5.59. The summed E-state index contributed by atoms with van der Waals surface area (Å²) >= 11 is 0. The van der Waals surface area contributed by atoms with E-state index >= 15 is 0 Å². The first-order valence-corrected chi connectivity index (χ1v) is 6.90. The van der Waals surface area contributed by atoms with Crippen LogP contribution in [0.15, 0.2) is 30.5 Å². The molecule has 5 nitrogen and oxygen atoms in total. The number of anilines is 1. The number of nitrogens with zero attached hydrogens (tertiary/aromatic N) is 1. The summed E-state index contributed by atoms with van der Waals surface area (Å²) in [7, 11) is 0. The summed E-state index contributed by atoms with van der Waals surface area (Å²) in [5, 5.41) is 12.5. The second kappa shape index (κ2) is 5.65. The Labute approximate surface area is 121 Å². The fourth-order valence-electron chi connectivity index (χ4n) is 2.19. The first-order valence-electron chi connectivity index (χ1n) is 6.90. The van der Waals surface area contributed by atoms with E-state index in [2.05, 4.69) is 15.3 Å². The molecule has 1 aliphatic carbocycles. The van der Waals surface area contributed by atoms with Crippen molar-refractivity contribution >= 4 is 11.9 Å². The smallest absolute Gasteiger partial charge is 0.229 e. The van der Waals surface area contributed by atoms with Crippen LogP contribution in [0.25, 0.3) is 0 Å². The highest BCUT2D eigenvalue weighted by Crippen LogP contribution is 2.39. The topological polar surface area (TPSA) is 78.0 Å². The highest BCUT2D eigenvalue weighted by Gasteiger charge is 2.25. The van der Waals surface area contributed by atoms with Gasteiger partial charge in [-0.3, -0.25) is 10.1 Å². The number of benzene rings is 1. The zero-order valence-electron chi connectivity index (χ0n) is 11.3. The van der Waals surface area contributed by atoms with Crippen molar-refractivity contribution in [3.05, 3.63) is 47.5 Å². The molecule has 0 spiro atoms. The van der Waals surface area contributed by atoms with Crippen molar-refractivity contribution in [3.8, 4) is 0 Å². The fraction of sp³-hybridized carbons (Fsp3) is 0.333. The van der Waals surface area contributed by atoms with Crippen LogP contribution >= 0.6 is 0 Å². The van der Waals surface area contributed by atoms with Gasteiger partial charge in [-0.25, -0.2) is 9.37 Å². The molecule has 1 aromatic heterocycles. The second-order valence-electron chi connectivity index (χ2n) is 5.28. The van der Waals surface area contributed by atoms with E-state index in [1.165, 1.54) is 18.2 Å². The van der Waals surface area contributed by atoms with Gasteiger partial charge in [0.05, 0.1) is 18.7 Å². The summed E-state index contributed by atoms with van der Waals surface area (Å²) in [5.74, 6) is 0.102. The van der Waals surface area contributed by atoms with Gasteiger partial charge in [0.25, 0.3) is 0 Å². The molecule has 1 aromatic carbocycles. The Kier molecular flexibility index (Phi) is 3.70. The molecule has 110 valence electrons. The molecule has 3 N–H and O–H groups in total. The largest absolute Gasteiger partial charge is 0.388 e. The lowest BCUT2D eigenvalue weighted by Crippen LogP contribution is -2.16. The molecule has 1 atom stereocenters. The maximum absolute atomic E-state index is 13.1. The van der Waals surface area contributed by atoms with Crippen LogP contribution in [0.5, 0.6) is 0 Å². The van der Waals surface area contributed by atoms with Gasteiger partial charge in [0.1, 0.15) is 5.82 Å². The number of H-pyrrole nitrogens is 1. The molecule has 3 rings (SSSR count). The van der Waals surface area contributed by atoms with Crippen molar-refractivity contribution in [2.75, 3.05) is 5.32 Å². The van der Waals surface area contributed by atoms with Gasteiger partial charge >= 0.3 is 0 Å². The number of hydrogen-bond acceptors (Lipinski definition) is 3. The number of aliphatic hydroxyl groups is 1. The molecule has 1 saturated carbocycles. The summed E-state index contributed by atoms with van der Waals surface area (Å²) in [4.78, 5) is 19.0. The Morgan fingerprint density at radius 1 is 1.52 bits per heavy atom. The molecule has 1 aliphatic rings. The van der Waals surface area contributed by atoms with Crippen molar-refractivity contribution in [3.63, 3.8) is 0 Å². The molecule has 0 bridgehead atoms. The number of aromatic amines is 1. The quantitative estimate of drug-likeness (QED) is 0.791. The highest BCUT2D eigenvalue weighted by atomic mass is 19.1. The van der Waals surface area contributed by atoms with Crippen LogP contribution in [-0.4, -0.2) is 21.0 Å². The molecule has 1 heterocycles. The maximum atomic E-state index is 13.1. The summed E-state index contributed by atoms with van der Waals surface area (Å²) < 4.78 is 13.1. The van der Waals surface area contributed by atoms with Crippen molar-refractivity contribution in [1.82, 2.24) is 9.97 Å². The average molecular weight is 289 g/mol.